The average Bonchev–Trinajstić information content (AvgIpc) is 2.75. The van der Waals surface area contributed by atoms with Crippen molar-refractivity contribution in [3.05, 3.63) is 59.2 Å². The molecule has 0 unspecified atom stereocenters. The quantitative estimate of drug-likeness (QED) is 0.323. The van der Waals surface area contributed by atoms with E-state index in [4.69, 9.17) is 16.6 Å². The van der Waals surface area contributed by atoms with Crippen LogP contribution in [-0.4, -0.2) is 54.2 Å². The number of nitrogens with zero attached hydrogens (tertiary/aromatic N) is 1. The van der Waals surface area contributed by atoms with E-state index >= 15 is 0 Å². The van der Waals surface area contributed by atoms with Crippen LogP contribution in [0.3, 0.4) is 0 Å². The van der Waals surface area contributed by atoms with E-state index in [1.807, 2.05) is 24.3 Å². The van der Waals surface area contributed by atoms with Crippen molar-refractivity contribution in [1.29, 1.82) is 10.8 Å². The molecule has 30 heavy (non-hydrogen) atoms. The number of nitrogen functional groups attached to an aromatic ring is 1. The number of hydrogen-bond acceptors (Lipinski definition) is 5. The van der Waals surface area contributed by atoms with Crippen molar-refractivity contribution in [3.8, 4) is 11.1 Å². The zero-order valence-electron chi connectivity index (χ0n) is 17.0. The van der Waals surface area contributed by atoms with Gasteiger partial charge in [0.05, 0.1) is 5.56 Å². The molecular weight excluding hydrogens is 378 g/mol. The Balaban J connectivity index is 1.71. The lowest BCUT2D eigenvalue weighted by Gasteiger charge is -2.31. The zero-order valence-corrected chi connectivity index (χ0v) is 17.0. The number of benzene rings is 2. The van der Waals surface area contributed by atoms with Gasteiger partial charge in [0.1, 0.15) is 5.84 Å². The van der Waals surface area contributed by atoms with Crippen molar-refractivity contribution in [3.63, 3.8) is 0 Å². The molecule has 1 aliphatic heterocycles. The first-order valence-corrected chi connectivity index (χ1v) is 10.2. The summed E-state index contributed by atoms with van der Waals surface area (Å²) in [5, 5.41) is 28.1. The van der Waals surface area contributed by atoms with E-state index in [9.17, 15) is 9.90 Å². The number of carbonyl (C=O) groups is 1. The highest BCUT2D eigenvalue weighted by molar-refractivity contribution is 6.02. The van der Waals surface area contributed by atoms with Crippen molar-refractivity contribution in [2.75, 3.05) is 26.2 Å². The lowest BCUT2D eigenvalue weighted by Crippen LogP contribution is -2.37. The van der Waals surface area contributed by atoms with Gasteiger partial charge in [-0.2, -0.15) is 0 Å². The van der Waals surface area contributed by atoms with E-state index in [2.05, 4.69) is 10.2 Å². The number of carboxylic acid groups (broad SMARTS) is 1. The third-order valence-electron chi connectivity index (χ3n) is 5.59. The monoisotopic (exact) mass is 407 g/mol. The fourth-order valence-electron chi connectivity index (χ4n) is 3.97. The number of aromatic carboxylic acids is 1. The predicted molar refractivity (Wildman–Crippen MR) is 120 cm³/mol. The molecule has 6 N–H and O–H groups in total. The predicted octanol–water partition coefficient (Wildman–Crippen LogP) is 2.79. The van der Waals surface area contributed by atoms with E-state index in [-0.39, 0.29) is 11.4 Å². The summed E-state index contributed by atoms with van der Waals surface area (Å²) in [7, 11) is 0. The van der Waals surface area contributed by atoms with Crippen LogP contribution in [0.5, 0.6) is 0 Å². The number of rotatable bonds is 9. The van der Waals surface area contributed by atoms with E-state index < -0.39 is 5.97 Å². The van der Waals surface area contributed by atoms with Crippen LogP contribution in [0.1, 0.15) is 34.3 Å². The van der Waals surface area contributed by atoms with Gasteiger partial charge in [0.2, 0.25) is 0 Å². The molecule has 1 saturated heterocycles. The van der Waals surface area contributed by atoms with Gasteiger partial charge in [-0.25, -0.2) is 4.79 Å². The summed E-state index contributed by atoms with van der Waals surface area (Å²) in [4.78, 5) is 13.9. The Kier molecular flexibility index (Phi) is 7.32. The molecule has 1 heterocycles. The molecule has 0 saturated carbocycles. The second kappa shape index (κ2) is 10.1. The standard InChI is InChI=1S/C23H29N5O2/c24-7-10-28-8-5-16(6-9-28)14-27-15-17-11-18(13-19(12-17)23(29)30)20-3-1-2-4-21(20)22(25)26/h1-4,7,11-13,16,24,27H,5-6,8-10,14-15H2,(H3,25,26)(H,29,30). The SMILES string of the molecule is N=CCN1CCC(CNCc2cc(C(=O)O)cc(-c3ccccc3C(=N)N)c2)CC1. The van der Waals surface area contributed by atoms with Crippen molar-refractivity contribution in [1.82, 2.24) is 10.2 Å². The Bertz CT molecular complexity index is 920. The van der Waals surface area contributed by atoms with Crippen LogP contribution in [0.4, 0.5) is 0 Å². The van der Waals surface area contributed by atoms with Gasteiger partial charge in [-0.3, -0.25) is 10.3 Å². The molecule has 0 radical (unpaired) electrons. The van der Waals surface area contributed by atoms with Crippen LogP contribution >= 0.6 is 0 Å². The van der Waals surface area contributed by atoms with E-state index in [0.29, 0.717) is 18.0 Å². The molecule has 0 aliphatic carbocycles. The number of hydrogen-bond donors (Lipinski definition) is 5. The third kappa shape index (κ3) is 5.52. The minimum atomic E-state index is -0.975. The Morgan fingerprint density at radius 3 is 2.63 bits per heavy atom. The molecule has 0 atom stereocenters. The van der Waals surface area contributed by atoms with Gasteiger partial charge in [0.15, 0.2) is 0 Å². The normalized spacial score (nSPS) is 15.1. The second-order valence-electron chi connectivity index (χ2n) is 7.76. The second-order valence-corrected chi connectivity index (χ2v) is 7.76. The van der Waals surface area contributed by atoms with Crippen LogP contribution in [0.2, 0.25) is 0 Å². The summed E-state index contributed by atoms with van der Waals surface area (Å²) in [5.41, 5.74) is 8.93. The van der Waals surface area contributed by atoms with Gasteiger partial charge < -0.3 is 21.6 Å². The molecule has 2 aromatic rings. The minimum Gasteiger partial charge on any atom is -0.478 e. The number of carboxylic acids is 1. The fraction of sp³-hybridized carbons (Fsp3) is 0.348. The molecule has 1 aliphatic rings. The maximum Gasteiger partial charge on any atom is 0.335 e. The van der Waals surface area contributed by atoms with Gasteiger partial charge in [-0.1, -0.05) is 24.3 Å². The topological polar surface area (TPSA) is 126 Å². The van der Waals surface area contributed by atoms with Crippen LogP contribution in [0.25, 0.3) is 11.1 Å². The molecule has 0 aromatic heterocycles. The van der Waals surface area contributed by atoms with Crippen LogP contribution in [0, 0.1) is 16.7 Å². The largest absolute Gasteiger partial charge is 0.478 e. The van der Waals surface area contributed by atoms with Crippen molar-refractivity contribution >= 4 is 18.0 Å². The average molecular weight is 408 g/mol. The molecule has 158 valence electrons. The van der Waals surface area contributed by atoms with E-state index in [0.717, 1.165) is 55.7 Å². The molecule has 3 rings (SSSR count). The summed E-state index contributed by atoms with van der Waals surface area (Å²) in [6.07, 6.45) is 3.66. The molecule has 2 aromatic carbocycles. The van der Waals surface area contributed by atoms with E-state index in [1.165, 1.54) is 6.21 Å². The summed E-state index contributed by atoms with van der Waals surface area (Å²) in [5.74, 6) is -0.426. The van der Waals surface area contributed by atoms with Crippen molar-refractivity contribution < 1.29 is 9.90 Å². The Hall–Kier alpha value is -3.03. The van der Waals surface area contributed by atoms with Crippen molar-refractivity contribution in [2.24, 2.45) is 11.7 Å². The van der Waals surface area contributed by atoms with Crippen LogP contribution in [0.15, 0.2) is 42.5 Å². The number of nitrogens with one attached hydrogen (secondary N) is 3. The third-order valence-corrected chi connectivity index (χ3v) is 5.59. The van der Waals surface area contributed by atoms with Crippen molar-refractivity contribution in [2.45, 2.75) is 19.4 Å². The first-order chi connectivity index (χ1) is 14.5. The molecule has 0 bridgehead atoms. The summed E-state index contributed by atoms with van der Waals surface area (Å²) < 4.78 is 0. The molecule has 1 fully saturated rings. The fourth-order valence-corrected chi connectivity index (χ4v) is 3.97. The minimum absolute atomic E-state index is 0.0413. The van der Waals surface area contributed by atoms with Gasteiger partial charge in [0, 0.05) is 24.9 Å². The zero-order chi connectivity index (χ0) is 21.5. The van der Waals surface area contributed by atoms with Gasteiger partial charge >= 0.3 is 5.97 Å². The molecule has 7 nitrogen and oxygen atoms in total. The lowest BCUT2D eigenvalue weighted by molar-refractivity contribution is 0.0696. The molecular formula is C23H29N5O2. The number of piperidine rings is 1. The Labute approximate surface area is 176 Å². The van der Waals surface area contributed by atoms with Gasteiger partial charge in [-0.15, -0.1) is 0 Å². The smallest absolute Gasteiger partial charge is 0.335 e. The number of nitrogens with two attached hydrogens (primary N) is 1. The molecule has 0 amide bonds. The highest BCUT2D eigenvalue weighted by Crippen LogP contribution is 2.26. The maximum absolute atomic E-state index is 11.7. The number of amidine groups is 1. The Morgan fingerprint density at radius 2 is 1.97 bits per heavy atom. The Morgan fingerprint density at radius 1 is 1.23 bits per heavy atom. The van der Waals surface area contributed by atoms with Crippen LogP contribution in [-0.2, 0) is 6.54 Å². The highest BCUT2D eigenvalue weighted by atomic mass is 16.4. The lowest BCUT2D eigenvalue weighted by atomic mass is 9.95. The van der Waals surface area contributed by atoms with Gasteiger partial charge in [-0.05, 0) is 73.3 Å². The number of likely N-dealkylation sites (tertiary alicyclic amines) is 1. The van der Waals surface area contributed by atoms with E-state index in [1.54, 1.807) is 18.2 Å². The van der Waals surface area contributed by atoms with Gasteiger partial charge in [0.25, 0.3) is 0 Å². The maximum atomic E-state index is 11.7. The first kappa shape index (κ1) is 21.7. The summed E-state index contributed by atoms with van der Waals surface area (Å²) in [6, 6.07) is 12.6. The summed E-state index contributed by atoms with van der Waals surface area (Å²) in [6.45, 7) is 4.23. The highest BCUT2D eigenvalue weighted by Gasteiger charge is 2.18. The molecule has 7 heteroatoms. The summed E-state index contributed by atoms with van der Waals surface area (Å²) >= 11 is 0. The molecule has 0 spiro atoms. The van der Waals surface area contributed by atoms with Crippen LogP contribution < -0.4 is 11.1 Å². The first-order valence-electron chi connectivity index (χ1n) is 10.2.